The summed E-state index contributed by atoms with van der Waals surface area (Å²) in [5.74, 6) is 0.355. The summed E-state index contributed by atoms with van der Waals surface area (Å²) in [4.78, 5) is 30.0. The Balaban J connectivity index is 2.19. The third-order valence-corrected chi connectivity index (χ3v) is 5.88. The average molecular weight is 443 g/mol. The molecular weight excluding hydrogens is 422 g/mol. The minimum Gasteiger partial charge on any atom is -0.496 e. The Morgan fingerprint density at radius 1 is 1.27 bits per heavy atom. The van der Waals surface area contributed by atoms with Crippen molar-refractivity contribution in [3.8, 4) is 5.75 Å². The molecule has 0 fully saturated rings. The Hall–Kier alpha value is -4.40. The Labute approximate surface area is 187 Å². The van der Waals surface area contributed by atoms with Gasteiger partial charge >= 0.3 is 5.69 Å². The van der Waals surface area contributed by atoms with Gasteiger partial charge in [0, 0.05) is 43.7 Å². The number of allylic oxidation sites excluding steroid dienone is 1. The van der Waals surface area contributed by atoms with E-state index < -0.39 is 0 Å². The van der Waals surface area contributed by atoms with Gasteiger partial charge < -0.3 is 19.9 Å². The fourth-order valence-electron chi connectivity index (χ4n) is 4.30. The van der Waals surface area contributed by atoms with E-state index in [2.05, 4.69) is 10.3 Å². The van der Waals surface area contributed by atoms with Crippen molar-refractivity contribution < 1.29 is 13.9 Å². The maximum absolute atomic E-state index is 13.4. The van der Waals surface area contributed by atoms with E-state index in [1.165, 1.54) is 17.7 Å². The second-order valence-electron chi connectivity index (χ2n) is 7.72. The van der Waals surface area contributed by atoms with Gasteiger partial charge in [-0.3, -0.25) is 18.7 Å². The van der Waals surface area contributed by atoms with E-state index in [0.717, 1.165) is 0 Å². The van der Waals surface area contributed by atoms with E-state index in [9.17, 15) is 9.59 Å². The number of ether oxygens (including phenoxy) is 1. The van der Waals surface area contributed by atoms with Crippen molar-refractivity contribution in [1.29, 1.82) is 5.41 Å². The Morgan fingerprint density at radius 3 is 2.73 bits per heavy atom. The van der Waals surface area contributed by atoms with Crippen molar-refractivity contribution in [1.82, 2.24) is 19.3 Å². The average Bonchev–Trinajstić information content (AvgIpc) is 2.97. The molecule has 5 rings (SSSR count). The van der Waals surface area contributed by atoms with Crippen molar-refractivity contribution >= 4 is 56.2 Å². The first-order valence-electron chi connectivity index (χ1n) is 10.2. The van der Waals surface area contributed by atoms with Crippen LogP contribution in [0.3, 0.4) is 0 Å². The summed E-state index contributed by atoms with van der Waals surface area (Å²) < 4.78 is 15.2. The van der Waals surface area contributed by atoms with Crippen molar-refractivity contribution in [2.75, 3.05) is 14.2 Å². The standard InChI is InChI=1S/C24H21N5O4/c1-12(30)13-5-6-18-16(7-13)29-22-17(28(3)24(29)31)11-27-15-8-19(32-4)20(14(9-25)10-26-2)23(33-18)21(15)22/h5-11,25-26H,1-4H3/b14-10+,25-9?. The van der Waals surface area contributed by atoms with Crippen LogP contribution in [0, 0.1) is 5.41 Å². The lowest BCUT2D eigenvalue weighted by atomic mass is 10.0. The highest BCUT2D eigenvalue weighted by atomic mass is 16.5. The molecular formula is C24H21N5O4. The predicted octanol–water partition coefficient (Wildman–Crippen LogP) is 3.51. The lowest BCUT2D eigenvalue weighted by molar-refractivity contribution is 0.101. The number of rotatable bonds is 5. The normalized spacial score (nSPS) is 12.2. The van der Waals surface area contributed by atoms with E-state index in [0.29, 0.717) is 61.1 Å². The van der Waals surface area contributed by atoms with Gasteiger partial charge in [-0.05, 0) is 25.1 Å². The Kier molecular flexibility index (Phi) is 4.56. The second-order valence-corrected chi connectivity index (χ2v) is 7.72. The molecule has 9 nitrogen and oxygen atoms in total. The lowest BCUT2D eigenvalue weighted by Crippen LogP contribution is -2.17. The number of Topliss-reactive ketones (excluding diaryl/α,β-unsaturated/α-hetero) is 1. The van der Waals surface area contributed by atoms with Crippen molar-refractivity contribution in [2.45, 2.75) is 6.92 Å². The molecule has 0 aliphatic carbocycles. The molecule has 0 bridgehead atoms. The smallest absolute Gasteiger partial charge is 0.333 e. The number of pyridine rings is 1. The van der Waals surface area contributed by atoms with Gasteiger partial charge in [-0.25, -0.2) is 4.79 Å². The van der Waals surface area contributed by atoms with Gasteiger partial charge in [0.05, 0.1) is 46.3 Å². The topological polar surface area (TPSA) is 115 Å². The van der Waals surface area contributed by atoms with Crippen molar-refractivity contribution in [3.05, 3.63) is 58.3 Å². The Morgan fingerprint density at radius 2 is 2.06 bits per heavy atom. The van der Waals surface area contributed by atoms with Crippen LogP contribution in [-0.2, 0) is 7.05 Å². The molecule has 0 saturated heterocycles. The lowest BCUT2D eigenvalue weighted by Gasteiger charge is -2.12. The van der Waals surface area contributed by atoms with Gasteiger partial charge in [0.2, 0.25) is 0 Å². The predicted molar refractivity (Wildman–Crippen MR) is 128 cm³/mol. The molecule has 2 aromatic carbocycles. The molecule has 0 spiro atoms. The fourth-order valence-corrected chi connectivity index (χ4v) is 4.30. The molecule has 0 aliphatic rings. The highest BCUT2D eigenvalue weighted by molar-refractivity contribution is 6.20. The third-order valence-electron chi connectivity index (χ3n) is 5.88. The SMILES string of the molecule is CN/C=C(\C=N)c1c(OC)cc2ncc3c4c2c1oc1ccc(C(C)=O)cc1n4c(=O)n3C. The van der Waals surface area contributed by atoms with E-state index >= 15 is 0 Å². The number of methoxy groups -OCH3 is 1. The fraction of sp³-hybridized carbons (Fsp3) is 0.167. The van der Waals surface area contributed by atoms with E-state index in [1.54, 1.807) is 62.3 Å². The van der Waals surface area contributed by atoms with Gasteiger partial charge in [0.1, 0.15) is 5.75 Å². The number of nitrogens with zero attached hydrogens (tertiary/aromatic N) is 3. The van der Waals surface area contributed by atoms with Crippen LogP contribution in [0.25, 0.3) is 44.2 Å². The summed E-state index contributed by atoms with van der Waals surface area (Å²) >= 11 is 0. The number of fused-ring (bicyclic) bond motifs is 2. The molecule has 0 aliphatic heterocycles. The molecule has 3 aromatic heterocycles. The molecule has 0 radical (unpaired) electrons. The van der Waals surface area contributed by atoms with E-state index in [1.807, 2.05) is 0 Å². The molecule has 5 aromatic rings. The zero-order chi connectivity index (χ0) is 23.4. The summed E-state index contributed by atoms with van der Waals surface area (Å²) in [6, 6.07) is 6.77. The minimum absolute atomic E-state index is 0.120. The van der Waals surface area contributed by atoms with Crippen LogP contribution >= 0.6 is 0 Å². The summed E-state index contributed by atoms with van der Waals surface area (Å²) in [5.41, 5.74) is 4.33. The number of nitrogens with one attached hydrogen (secondary N) is 2. The number of carbonyl (C=O) groups excluding carboxylic acids is 1. The molecule has 0 amide bonds. The molecule has 0 saturated carbocycles. The maximum atomic E-state index is 13.4. The van der Waals surface area contributed by atoms with Crippen LogP contribution in [-0.4, -0.2) is 40.1 Å². The molecule has 2 N–H and O–H groups in total. The number of ketones is 1. The number of carbonyl (C=O) groups is 1. The van der Waals surface area contributed by atoms with E-state index in [-0.39, 0.29) is 11.5 Å². The number of imidazole rings is 1. The molecule has 3 heterocycles. The Bertz CT molecular complexity index is 1720. The van der Waals surface area contributed by atoms with E-state index in [4.69, 9.17) is 14.6 Å². The molecule has 0 atom stereocenters. The quantitative estimate of drug-likeness (QED) is 0.317. The van der Waals surface area contributed by atoms with Crippen LogP contribution in [0.2, 0.25) is 0 Å². The molecule has 166 valence electrons. The third kappa shape index (κ3) is 2.78. The number of benzene rings is 2. The second kappa shape index (κ2) is 7.33. The largest absolute Gasteiger partial charge is 0.496 e. The van der Waals surface area contributed by atoms with Crippen LogP contribution in [0.5, 0.6) is 5.75 Å². The van der Waals surface area contributed by atoms with Gasteiger partial charge in [-0.15, -0.1) is 0 Å². The summed E-state index contributed by atoms with van der Waals surface area (Å²) in [6.45, 7) is 1.48. The molecule has 9 heteroatoms. The highest BCUT2D eigenvalue weighted by Crippen LogP contribution is 2.40. The first kappa shape index (κ1) is 20.5. The van der Waals surface area contributed by atoms with Crippen molar-refractivity contribution in [3.63, 3.8) is 0 Å². The zero-order valence-corrected chi connectivity index (χ0v) is 18.5. The summed E-state index contributed by atoms with van der Waals surface area (Å²) in [7, 11) is 4.96. The first-order chi connectivity index (χ1) is 15.9. The number of hydrogen-bond donors (Lipinski definition) is 2. The zero-order valence-electron chi connectivity index (χ0n) is 18.5. The van der Waals surface area contributed by atoms with Crippen LogP contribution < -0.4 is 15.7 Å². The number of aromatic nitrogens is 3. The summed E-state index contributed by atoms with van der Waals surface area (Å²) in [6.07, 6.45) is 4.52. The molecule has 33 heavy (non-hydrogen) atoms. The van der Waals surface area contributed by atoms with Crippen molar-refractivity contribution in [2.24, 2.45) is 7.05 Å². The van der Waals surface area contributed by atoms with Gasteiger partial charge in [0.15, 0.2) is 16.9 Å². The number of hydrogen-bond acceptors (Lipinski definition) is 7. The van der Waals surface area contributed by atoms with Gasteiger partial charge in [-0.1, -0.05) is 0 Å². The minimum atomic E-state index is -0.284. The van der Waals surface area contributed by atoms with Crippen LogP contribution in [0.4, 0.5) is 0 Å². The monoisotopic (exact) mass is 443 g/mol. The highest BCUT2D eigenvalue weighted by Gasteiger charge is 2.24. The summed E-state index contributed by atoms with van der Waals surface area (Å²) in [5, 5.41) is 11.6. The van der Waals surface area contributed by atoms with Crippen LogP contribution in [0.15, 0.2) is 45.9 Å². The molecule has 0 unspecified atom stereocenters. The number of aryl methyl sites for hydroxylation is 1. The van der Waals surface area contributed by atoms with Gasteiger partial charge in [0.25, 0.3) is 0 Å². The van der Waals surface area contributed by atoms with Gasteiger partial charge in [-0.2, -0.15) is 0 Å². The first-order valence-corrected chi connectivity index (χ1v) is 10.2. The maximum Gasteiger partial charge on any atom is 0.333 e. The van der Waals surface area contributed by atoms with Crippen LogP contribution in [0.1, 0.15) is 22.8 Å².